The van der Waals surface area contributed by atoms with Crippen LogP contribution in [0.2, 0.25) is 5.02 Å². The van der Waals surface area contributed by atoms with Crippen LogP contribution in [0.15, 0.2) is 79.4 Å². The molecule has 1 atom stereocenters. The summed E-state index contributed by atoms with van der Waals surface area (Å²) in [6.07, 6.45) is 12.8. The Bertz CT molecular complexity index is 2170. The predicted molar refractivity (Wildman–Crippen MR) is 197 cm³/mol. The van der Waals surface area contributed by atoms with E-state index >= 15 is 0 Å². The molecule has 1 unspecified atom stereocenters. The van der Waals surface area contributed by atoms with Gasteiger partial charge in [0.1, 0.15) is 23.6 Å². The van der Waals surface area contributed by atoms with Gasteiger partial charge < -0.3 is 20.1 Å². The van der Waals surface area contributed by atoms with Crippen LogP contribution in [0.4, 0.5) is 5.69 Å². The van der Waals surface area contributed by atoms with E-state index < -0.39 is 12.0 Å². The molecule has 11 heteroatoms. The van der Waals surface area contributed by atoms with Crippen molar-refractivity contribution in [3.05, 3.63) is 129 Å². The average molecular weight is 701 g/mol. The molecule has 0 radical (unpaired) electrons. The van der Waals surface area contributed by atoms with Crippen LogP contribution in [0.25, 0.3) is 23.3 Å². The first-order valence-electron chi connectivity index (χ1n) is 16.7. The third kappa shape index (κ3) is 8.01. The summed E-state index contributed by atoms with van der Waals surface area (Å²) in [4.78, 5) is 35.8. The molecule has 0 bridgehead atoms. The van der Waals surface area contributed by atoms with Crippen LogP contribution in [0, 0.1) is 25.2 Å². The topological polar surface area (TPSA) is 144 Å². The van der Waals surface area contributed by atoms with Gasteiger partial charge in [-0.2, -0.15) is 5.26 Å². The normalized spacial score (nSPS) is 14.7. The number of amides is 1. The highest BCUT2D eigenvalue weighted by molar-refractivity contribution is 6.32. The molecule has 3 N–H and O–H groups in total. The number of nitrogens with zero attached hydrogens (tertiary/aromatic N) is 5. The zero-order valence-corrected chi connectivity index (χ0v) is 29.1. The highest BCUT2D eigenvalue weighted by atomic mass is 35.5. The van der Waals surface area contributed by atoms with Gasteiger partial charge in [0.05, 0.1) is 11.3 Å². The summed E-state index contributed by atoms with van der Waals surface area (Å²) in [5, 5.41) is 33.0. The van der Waals surface area contributed by atoms with E-state index in [9.17, 15) is 25.1 Å². The molecule has 1 aliphatic rings. The lowest BCUT2D eigenvalue weighted by molar-refractivity contribution is -0.144. The van der Waals surface area contributed by atoms with Crippen LogP contribution in [0.5, 0.6) is 5.75 Å². The Kier molecular flexibility index (Phi) is 10.6. The fourth-order valence-electron chi connectivity index (χ4n) is 6.48. The second-order valence-electron chi connectivity index (χ2n) is 12.7. The Hall–Kier alpha value is -5.76. The number of aliphatic carboxylic acids is 1. The molecule has 5 aromatic rings. The number of aryl methyl sites for hydroxylation is 1. The number of aromatic hydroxyl groups is 1. The number of hydrogen-bond acceptors (Lipinski definition) is 7. The molecule has 1 saturated heterocycles. The number of carboxylic acids is 1. The van der Waals surface area contributed by atoms with E-state index in [0.717, 1.165) is 46.2 Å². The standard InChI is InChI=1S/C40H37ClN6O4/c1-25-18-28(34(41)19-29(25)23-46-17-14-30(48)24-46)10-12-36-33(20-42)32(13-15-43-36)31-6-5-7-35(26(31)2)45-39(49)37-11-9-27(21-44-37)22-47-16-4-3-8-38(47)40(50)51/h5-7,9-15,17-19,21,24,38,48H,3-4,8,16,22-23H2,1-2H3,(H,45,49)(H,50,51). The van der Waals surface area contributed by atoms with Crippen LogP contribution in [-0.4, -0.2) is 54.1 Å². The fourth-order valence-corrected chi connectivity index (χ4v) is 6.73. The number of anilines is 1. The largest absolute Gasteiger partial charge is 0.506 e. The third-order valence-electron chi connectivity index (χ3n) is 9.27. The van der Waals surface area contributed by atoms with Gasteiger partial charge in [-0.25, -0.2) is 0 Å². The molecule has 10 nitrogen and oxygen atoms in total. The van der Waals surface area contributed by atoms with Crippen molar-refractivity contribution in [2.24, 2.45) is 0 Å². The first-order valence-corrected chi connectivity index (χ1v) is 17.0. The van der Waals surface area contributed by atoms with Gasteiger partial charge >= 0.3 is 5.97 Å². The van der Waals surface area contributed by atoms with Crippen molar-refractivity contribution in [2.75, 3.05) is 11.9 Å². The fraction of sp³-hybridized carbons (Fsp3) is 0.225. The van der Waals surface area contributed by atoms with Crippen molar-refractivity contribution in [3.8, 4) is 22.9 Å². The second kappa shape index (κ2) is 15.4. The van der Waals surface area contributed by atoms with Gasteiger partial charge in [0.15, 0.2) is 0 Å². The number of aromatic nitrogens is 3. The number of nitriles is 1. The van der Waals surface area contributed by atoms with Crippen LogP contribution in [-0.2, 0) is 17.9 Å². The average Bonchev–Trinajstić information content (AvgIpc) is 3.54. The van der Waals surface area contributed by atoms with E-state index in [1.54, 1.807) is 55.1 Å². The molecule has 258 valence electrons. The first-order chi connectivity index (χ1) is 24.6. The summed E-state index contributed by atoms with van der Waals surface area (Å²) in [6.45, 7) is 5.62. The van der Waals surface area contributed by atoms with Gasteiger partial charge in [-0.15, -0.1) is 0 Å². The number of carbonyl (C=O) groups excluding carboxylic acids is 1. The Morgan fingerprint density at radius 1 is 1.06 bits per heavy atom. The number of halogens is 1. The lowest BCUT2D eigenvalue weighted by Gasteiger charge is -2.32. The summed E-state index contributed by atoms with van der Waals surface area (Å²) < 4.78 is 1.88. The van der Waals surface area contributed by atoms with Crippen molar-refractivity contribution >= 4 is 41.3 Å². The highest BCUT2D eigenvalue weighted by Crippen LogP contribution is 2.33. The van der Waals surface area contributed by atoms with E-state index in [-0.39, 0.29) is 17.4 Å². The molecule has 51 heavy (non-hydrogen) atoms. The van der Waals surface area contributed by atoms with Crippen LogP contribution in [0.1, 0.15) is 68.8 Å². The molecule has 0 aliphatic carbocycles. The van der Waals surface area contributed by atoms with E-state index in [1.807, 2.05) is 59.7 Å². The van der Waals surface area contributed by atoms with Crippen LogP contribution in [0.3, 0.4) is 0 Å². The van der Waals surface area contributed by atoms with Crippen LogP contribution >= 0.6 is 11.6 Å². The number of benzene rings is 2. The predicted octanol–water partition coefficient (Wildman–Crippen LogP) is 7.70. The van der Waals surface area contributed by atoms with E-state index in [1.165, 1.54) is 0 Å². The van der Waals surface area contributed by atoms with E-state index in [0.29, 0.717) is 53.6 Å². The minimum atomic E-state index is -0.813. The molecule has 1 aliphatic heterocycles. The van der Waals surface area contributed by atoms with Crippen molar-refractivity contribution in [2.45, 2.75) is 52.2 Å². The Balaban J connectivity index is 1.18. The highest BCUT2D eigenvalue weighted by Gasteiger charge is 2.28. The monoisotopic (exact) mass is 700 g/mol. The third-order valence-corrected chi connectivity index (χ3v) is 9.60. The number of pyridine rings is 2. The molecular formula is C40H37ClN6O4. The smallest absolute Gasteiger partial charge is 0.320 e. The lowest BCUT2D eigenvalue weighted by Crippen LogP contribution is -2.44. The summed E-state index contributed by atoms with van der Waals surface area (Å²) in [5.41, 5.74) is 7.56. The minimum Gasteiger partial charge on any atom is -0.506 e. The van der Waals surface area contributed by atoms with Gasteiger partial charge in [0.2, 0.25) is 0 Å². The summed E-state index contributed by atoms with van der Waals surface area (Å²) in [6, 6.07) is 18.1. The van der Waals surface area contributed by atoms with Gasteiger partial charge in [0, 0.05) is 54.2 Å². The molecule has 4 heterocycles. The number of likely N-dealkylation sites (tertiary alicyclic amines) is 1. The number of rotatable bonds is 10. The summed E-state index contributed by atoms with van der Waals surface area (Å²) in [7, 11) is 0. The molecule has 0 saturated carbocycles. The number of carboxylic acid groups (broad SMARTS) is 1. The summed E-state index contributed by atoms with van der Waals surface area (Å²) in [5.74, 6) is -0.992. The SMILES string of the molecule is Cc1cc(C=Cc2nccc(-c3cccc(NC(=O)c4ccc(CN5CCCCC5C(=O)O)cn4)c3C)c2C#N)c(Cl)cc1Cn1ccc(O)c1. The van der Waals surface area contributed by atoms with E-state index in [4.69, 9.17) is 11.6 Å². The Labute approximate surface area is 301 Å². The van der Waals surface area contributed by atoms with Gasteiger partial charge in [-0.1, -0.05) is 48.4 Å². The maximum Gasteiger partial charge on any atom is 0.320 e. The first kappa shape index (κ1) is 35.1. The molecule has 0 spiro atoms. The Morgan fingerprint density at radius 3 is 2.63 bits per heavy atom. The van der Waals surface area contributed by atoms with Crippen LogP contribution < -0.4 is 5.32 Å². The quantitative estimate of drug-likeness (QED) is 0.134. The number of carbonyl (C=O) groups is 2. The number of piperidine rings is 1. The van der Waals surface area contributed by atoms with Gasteiger partial charge in [0.25, 0.3) is 5.91 Å². The Morgan fingerprint density at radius 2 is 1.90 bits per heavy atom. The maximum atomic E-state index is 13.3. The zero-order chi connectivity index (χ0) is 36.1. The molecule has 1 amide bonds. The van der Waals surface area contributed by atoms with Crippen molar-refractivity contribution < 1.29 is 19.8 Å². The van der Waals surface area contributed by atoms with Crippen molar-refractivity contribution in [3.63, 3.8) is 0 Å². The second-order valence-corrected chi connectivity index (χ2v) is 13.1. The maximum absolute atomic E-state index is 13.3. The zero-order valence-electron chi connectivity index (χ0n) is 28.3. The number of nitrogens with one attached hydrogen (secondary N) is 1. The van der Waals surface area contributed by atoms with Gasteiger partial charge in [-0.3, -0.25) is 24.5 Å². The van der Waals surface area contributed by atoms with E-state index in [2.05, 4.69) is 21.4 Å². The number of hydrogen-bond donors (Lipinski definition) is 3. The minimum absolute atomic E-state index is 0.204. The molecular weight excluding hydrogens is 664 g/mol. The van der Waals surface area contributed by atoms with Gasteiger partial charge in [-0.05, 0) is 103 Å². The molecule has 3 aromatic heterocycles. The van der Waals surface area contributed by atoms with Crippen molar-refractivity contribution in [1.29, 1.82) is 5.26 Å². The molecule has 1 fully saturated rings. The lowest BCUT2D eigenvalue weighted by atomic mass is 9.94. The molecule has 2 aromatic carbocycles. The summed E-state index contributed by atoms with van der Waals surface area (Å²) >= 11 is 6.67. The van der Waals surface area contributed by atoms with Crippen molar-refractivity contribution in [1.82, 2.24) is 19.4 Å². The molecule has 6 rings (SSSR count).